The molecule has 1 N–H and O–H groups in total. The summed E-state index contributed by atoms with van der Waals surface area (Å²) in [5, 5.41) is 17.5. The van der Waals surface area contributed by atoms with Gasteiger partial charge in [-0.1, -0.05) is 12.1 Å². The number of H-pyrrole nitrogens is 1. The maximum Gasteiger partial charge on any atom is 0.267 e. The lowest BCUT2D eigenvalue weighted by molar-refractivity contribution is 0.469. The van der Waals surface area contributed by atoms with Crippen LogP contribution in [0.3, 0.4) is 0 Å². The average molecular weight is 382 g/mol. The maximum absolute atomic E-state index is 12.0. The number of rotatable bonds is 3. The van der Waals surface area contributed by atoms with E-state index in [2.05, 4.69) is 21.3 Å². The predicted molar refractivity (Wildman–Crippen MR) is 111 cm³/mol. The van der Waals surface area contributed by atoms with Crippen LogP contribution < -0.4 is 10.3 Å². The lowest BCUT2D eigenvalue weighted by atomic mass is 9.96. The van der Waals surface area contributed by atoms with E-state index >= 15 is 0 Å². The Morgan fingerprint density at radius 1 is 1.07 bits per heavy atom. The summed E-state index contributed by atoms with van der Waals surface area (Å²) in [5.41, 5.74) is 4.48. The molecule has 4 rings (SSSR count). The third-order valence-corrected chi connectivity index (χ3v) is 4.94. The number of benzene rings is 2. The highest BCUT2D eigenvalue weighted by Crippen LogP contribution is 2.33. The minimum absolute atomic E-state index is 0.196. The Labute approximate surface area is 167 Å². The highest BCUT2D eigenvalue weighted by atomic mass is 16.5. The van der Waals surface area contributed by atoms with Crippen molar-refractivity contribution in [3.05, 3.63) is 81.4 Å². The summed E-state index contributed by atoms with van der Waals surface area (Å²) < 4.78 is 6.04. The first-order chi connectivity index (χ1) is 14.0. The Morgan fingerprint density at radius 3 is 2.66 bits per heavy atom. The van der Waals surface area contributed by atoms with E-state index in [9.17, 15) is 10.1 Å². The second-order valence-electron chi connectivity index (χ2n) is 6.88. The van der Waals surface area contributed by atoms with Crippen molar-refractivity contribution in [3.8, 4) is 28.8 Å². The van der Waals surface area contributed by atoms with E-state index < -0.39 is 0 Å². The number of fused-ring (bicyclic) bond motifs is 1. The molecule has 0 amide bonds. The van der Waals surface area contributed by atoms with Gasteiger partial charge in [-0.25, -0.2) is 10.1 Å². The van der Waals surface area contributed by atoms with E-state index in [1.807, 2.05) is 44.2 Å². The van der Waals surface area contributed by atoms with Crippen LogP contribution in [0.25, 0.3) is 21.9 Å². The number of nitriles is 1. The van der Waals surface area contributed by atoms with Crippen LogP contribution in [-0.2, 0) is 0 Å². The minimum atomic E-state index is -0.196. The average Bonchev–Trinajstić information content (AvgIpc) is 2.72. The van der Waals surface area contributed by atoms with E-state index in [1.54, 1.807) is 25.3 Å². The van der Waals surface area contributed by atoms with Crippen LogP contribution in [0.4, 0.5) is 0 Å². The monoisotopic (exact) mass is 382 g/mol. The van der Waals surface area contributed by atoms with E-state index in [4.69, 9.17) is 4.74 Å². The molecule has 0 saturated heterocycles. The van der Waals surface area contributed by atoms with Gasteiger partial charge in [-0.3, -0.25) is 4.79 Å². The minimum Gasteiger partial charge on any atom is -0.438 e. The van der Waals surface area contributed by atoms with Crippen LogP contribution in [0.1, 0.15) is 22.4 Å². The molecule has 0 radical (unpaired) electrons. The zero-order chi connectivity index (χ0) is 20.5. The van der Waals surface area contributed by atoms with Gasteiger partial charge in [-0.2, -0.15) is 10.4 Å². The summed E-state index contributed by atoms with van der Waals surface area (Å²) in [6.07, 6.45) is 1.68. The van der Waals surface area contributed by atoms with Gasteiger partial charge >= 0.3 is 0 Å². The van der Waals surface area contributed by atoms with E-state index in [1.165, 1.54) is 0 Å². The van der Waals surface area contributed by atoms with Crippen LogP contribution in [0.15, 0.2) is 53.5 Å². The fraction of sp³-hybridized carbons (Fsp3) is 0.130. The van der Waals surface area contributed by atoms with Crippen molar-refractivity contribution in [1.82, 2.24) is 15.2 Å². The van der Waals surface area contributed by atoms with Crippen molar-refractivity contribution in [2.24, 2.45) is 0 Å². The summed E-state index contributed by atoms with van der Waals surface area (Å²) in [6.45, 7) is 5.63. The number of pyridine rings is 1. The standard InChI is InChI=1S/C23H18N4O2/c1-13-10-18(6-7-19(13)21-14(2)22(28)27-26-15(21)3)29-23-20-11-16(12-24)4-5-17(20)8-9-25-23/h4-11H,1-3H3,(H,27,28). The number of aromatic nitrogens is 3. The fourth-order valence-electron chi connectivity index (χ4n) is 3.44. The summed E-state index contributed by atoms with van der Waals surface area (Å²) in [6, 6.07) is 15.1. The zero-order valence-electron chi connectivity index (χ0n) is 16.3. The molecule has 0 bridgehead atoms. The molecule has 6 heteroatoms. The third kappa shape index (κ3) is 3.34. The van der Waals surface area contributed by atoms with Gasteiger partial charge < -0.3 is 4.74 Å². The summed E-state index contributed by atoms with van der Waals surface area (Å²) in [4.78, 5) is 16.3. The Kier molecular flexibility index (Phi) is 4.57. The Bertz CT molecular complexity index is 1350. The van der Waals surface area contributed by atoms with Crippen LogP contribution in [0.2, 0.25) is 0 Å². The number of hydrogen-bond acceptors (Lipinski definition) is 5. The molecule has 0 spiro atoms. The lowest BCUT2D eigenvalue weighted by Gasteiger charge is -2.13. The van der Waals surface area contributed by atoms with E-state index in [-0.39, 0.29) is 5.56 Å². The number of aromatic amines is 1. The Morgan fingerprint density at radius 2 is 1.90 bits per heavy atom. The summed E-state index contributed by atoms with van der Waals surface area (Å²) in [7, 11) is 0. The highest BCUT2D eigenvalue weighted by Gasteiger charge is 2.14. The summed E-state index contributed by atoms with van der Waals surface area (Å²) >= 11 is 0. The van der Waals surface area contributed by atoms with Crippen molar-refractivity contribution in [2.75, 3.05) is 0 Å². The van der Waals surface area contributed by atoms with Crippen LogP contribution in [0.5, 0.6) is 11.6 Å². The van der Waals surface area contributed by atoms with E-state index in [0.29, 0.717) is 22.8 Å². The number of nitrogens with one attached hydrogen (secondary N) is 1. The molecule has 4 aromatic rings. The van der Waals surface area contributed by atoms with Crippen LogP contribution >= 0.6 is 0 Å². The molecule has 2 aromatic heterocycles. The SMILES string of the molecule is Cc1cc(Oc2nccc3ccc(C#N)cc23)ccc1-c1c(C)n[nH]c(=O)c1C. The van der Waals surface area contributed by atoms with Crippen LogP contribution in [0, 0.1) is 32.1 Å². The predicted octanol–water partition coefficient (Wildman–Crippen LogP) is 4.57. The van der Waals surface area contributed by atoms with Gasteiger partial charge in [0.1, 0.15) is 5.75 Å². The molecule has 0 saturated carbocycles. The highest BCUT2D eigenvalue weighted by molar-refractivity contribution is 5.88. The van der Waals surface area contributed by atoms with Gasteiger partial charge in [0.25, 0.3) is 5.56 Å². The fourth-order valence-corrected chi connectivity index (χ4v) is 3.44. The molecule has 0 aliphatic rings. The molecular formula is C23H18N4O2. The summed E-state index contributed by atoms with van der Waals surface area (Å²) in [5.74, 6) is 1.07. The van der Waals surface area contributed by atoms with Gasteiger partial charge in [0, 0.05) is 22.7 Å². The number of ether oxygens (including phenoxy) is 1. The third-order valence-electron chi connectivity index (χ3n) is 4.94. The lowest BCUT2D eigenvalue weighted by Crippen LogP contribution is -2.14. The van der Waals surface area contributed by atoms with Gasteiger partial charge in [-0.15, -0.1) is 0 Å². The first-order valence-electron chi connectivity index (χ1n) is 9.11. The topological polar surface area (TPSA) is 91.7 Å². The molecule has 142 valence electrons. The largest absolute Gasteiger partial charge is 0.438 e. The molecule has 0 aliphatic heterocycles. The van der Waals surface area contributed by atoms with Gasteiger partial charge in [-0.05, 0) is 67.6 Å². The van der Waals surface area contributed by atoms with Gasteiger partial charge in [0.2, 0.25) is 5.88 Å². The molecular weight excluding hydrogens is 364 g/mol. The van der Waals surface area contributed by atoms with Crippen molar-refractivity contribution < 1.29 is 4.74 Å². The van der Waals surface area contributed by atoms with Crippen LogP contribution in [-0.4, -0.2) is 15.2 Å². The number of nitrogens with zero attached hydrogens (tertiary/aromatic N) is 3. The Balaban J connectivity index is 1.76. The van der Waals surface area contributed by atoms with Gasteiger partial charge in [0.15, 0.2) is 0 Å². The second-order valence-corrected chi connectivity index (χ2v) is 6.88. The Hall–Kier alpha value is -3.98. The first kappa shape index (κ1) is 18.4. The van der Waals surface area contributed by atoms with Gasteiger partial charge in [0.05, 0.1) is 17.3 Å². The van der Waals surface area contributed by atoms with Crippen molar-refractivity contribution in [2.45, 2.75) is 20.8 Å². The quantitative estimate of drug-likeness (QED) is 0.560. The number of aryl methyl sites for hydroxylation is 2. The molecule has 0 aliphatic carbocycles. The molecule has 2 aromatic carbocycles. The molecule has 2 heterocycles. The zero-order valence-corrected chi connectivity index (χ0v) is 16.3. The van der Waals surface area contributed by atoms with Crippen molar-refractivity contribution in [3.63, 3.8) is 0 Å². The molecule has 29 heavy (non-hydrogen) atoms. The first-order valence-corrected chi connectivity index (χ1v) is 9.11. The van der Waals surface area contributed by atoms with Crippen molar-refractivity contribution >= 4 is 10.8 Å². The number of hydrogen-bond donors (Lipinski definition) is 1. The maximum atomic E-state index is 12.0. The second kappa shape index (κ2) is 7.21. The molecule has 0 unspecified atom stereocenters. The molecule has 0 atom stereocenters. The molecule has 0 fully saturated rings. The van der Waals surface area contributed by atoms with Crippen molar-refractivity contribution in [1.29, 1.82) is 5.26 Å². The van der Waals surface area contributed by atoms with E-state index in [0.717, 1.165) is 33.2 Å². The smallest absolute Gasteiger partial charge is 0.267 e. The normalized spacial score (nSPS) is 10.7. The molecule has 6 nitrogen and oxygen atoms in total.